The Morgan fingerprint density at radius 2 is 0.938 bits per heavy atom. The summed E-state index contributed by atoms with van der Waals surface area (Å²) in [4.78, 5) is 0. The van der Waals surface area contributed by atoms with Crippen LogP contribution in [0.1, 0.15) is 11.1 Å². The van der Waals surface area contributed by atoms with Gasteiger partial charge in [0.05, 0.1) is 51.0 Å². The number of hydrogen-bond donors (Lipinski definition) is 0. The molecule has 2 heterocycles. The molecule has 0 fully saturated rings. The first kappa shape index (κ1) is 27.4. The standard InChI is InChI=1S/C44H26N4/c45-27-29-17-23-39-38-12-2-6-14-41(38)47(44(39)25-29)33-22-24-34(32(26-33)28-46)30-18-20-31(21-19-30)35-9-1-5-13-40(35)48-42-15-7-3-10-36(42)37-11-4-8-16-43(37)48/h1-26H. The molecule has 0 bridgehead atoms. The van der Waals surface area contributed by atoms with Gasteiger partial charge in [-0.05, 0) is 65.2 Å². The molecule has 0 radical (unpaired) electrons. The Kier molecular flexibility index (Phi) is 6.22. The predicted molar refractivity (Wildman–Crippen MR) is 195 cm³/mol. The van der Waals surface area contributed by atoms with E-state index < -0.39 is 0 Å². The maximum absolute atomic E-state index is 10.4. The van der Waals surface area contributed by atoms with Crippen molar-refractivity contribution in [3.63, 3.8) is 0 Å². The van der Waals surface area contributed by atoms with Crippen LogP contribution < -0.4 is 0 Å². The van der Waals surface area contributed by atoms with Crippen LogP contribution in [0.15, 0.2) is 158 Å². The topological polar surface area (TPSA) is 57.4 Å². The summed E-state index contributed by atoms with van der Waals surface area (Å²) in [6, 6.07) is 58.9. The Morgan fingerprint density at radius 3 is 1.56 bits per heavy atom. The van der Waals surface area contributed by atoms with Crippen molar-refractivity contribution in [3.8, 4) is 45.8 Å². The SMILES string of the molecule is N#Cc1ccc2c3ccccc3n(-c3ccc(-c4ccc(-c5ccccc5-n5c6ccccc6c6ccccc65)cc4)c(C#N)c3)c2c1. The van der Waals surface area contributed by atoms with E-state index in [4.69, 9.17) is 0 Å². The van der Waals surface area contributed by atoms with E-state index in [1.54, 1.807) is 0 Å². The third-order valence-corrected chi connectivity index (χ3v) is 9.42. The molecular weight excluding hydrogens is 585 g/mol. The molecule has 0 amide bonds. The molecule has 222 valence electrons. The van der Waals surface area contributed by atoms with Crippen LogP contribution in [0.5, 0.6) is 0 Å². The number of nitriles is 2. The van der Waals surface area contributed by atoms with E-state index in [9.17, 15) is 10.5 Å². The van der Waals surface area contributed by atoms with Crippen molar-refractivity contribution in [1.29, 1.82) is 10.5 Å². The van der Waals surface area contributed by atoms with Crippen molar-refractivity contribution in [2.24, 2.45) is 0 Å². The van der Waals surface area contributed by atoms with E-state index in [0.29, 0.717) is 11.1 Å². The average molecular weight is 611 g/mol. The minimum Gasteiger partial charge on any atom is -0.309 e. The Bertz CT molecular complexity index is 2750. The molecule has 0 spiro atoms. The van der Waals surface area contributed by atoms with E-state index in [1.165, 1.54) is 21.8 Å². The van der Waals surface area contributed by atoms with Gasteiger partial charge in [0.15, 0.2) is 0 Å². The van der Waals surface area contributed by atoms with Gasteiger partial charge in [-0.1, -0.05) is 109 Å². The Hall–Kier alpha value is -6.88. The third-order valence-electron chi connectivity index (χ3n) is 9.42. The largest absolute Gasteiger partial charge is 0.309 e. The summed E-state index contributed by atoms with van der Waals surface area (Å²) < 4.78 is 4.50. The average Bonchev–Trinajstić information content (AvgIpc) is 3.67. The molecule has 2 aromatic heterocycles. The Labute approximate surface area is 277 Å². The van der Waals surface area contributed by atoms with Gasteiger partial charge in [0.1, 0.15) is 0 Å². The van der Waals surface area contributed by atoms with Gasteiger partial charge in [0.2, 0.25) is 0 Å². The van der Waals surface area contributed by atoms with Crippen molar-refractivity contribution in [2.45, 2.75) is 0 Å². The summed E-state index contributed by atoms with van der Waals surface area (Å²) in [5.74, 6) is 0. The van der Waals surface area contributed by atoms with E-state index in [2.05, 4.69) is 137 Å². The number of rotatable bonds is 4. The highest BCUT2D eigenvalue weighted by Crippen LogP contribution is 2.38. The highest BCUT2D eigenvalue weighted by atomic mass is 15.0. The number of nitrogens with zero attached hydrogens (tertiary/aromatic N) is 4. The molecule has 4 nitrogen and oxygen atoms in total. The molecule has 0 aliphatic rings. The molecule has 48 heavy (non-hydrogen) atoms. The summed E-state index contributed by atoms with van der Waals surface area (Å²) in [6.45, 7) is 0. The minimum absolute atomic E-state index is 0.591. The summed E-state index contributed by atoms with van der Waals surface area (Å²) in [7, 11) is 0. The first-order valence-electron chi connectivity index (χ1n) is 15.9. The van der Waals surface area contributed by atoms with Crippen molar-refractivity contribution >= 4 is 43.6 Å². The van der Waals surface area contributed by atoms with Gasteiger partial charge in [-0.15, -0.1) is 0 Å². The Balaban J connectivity index is 1.14. The fraction of sp³-hybridized carbons (Fsp3) is 0. The molecule has 0 aliphatic carbocycles. The second-order valence-electron chi connectivity index (χ2n) is 12.0. The van der Waals surface area contributed by atoms with E-state index in [0.717, 1.165) is 55.4 Å². The van der Waals surface area contributed by atoms with Crippen LogP contribution in [-0.2, 0) is 0 Å². The van der Waals surface area contributed by atoms with Crippen molar-refractivity contribution in [2.75, 3.05) is 0 Å². The normalized spacial score (nSPS) is 11.3. The van der Waals surface area contributed by atoms with Gasteiger partial charge in [-0.2, -0.15) is 10.5 Å². The molecule has 0 aliphatic heterocycles. The zero-order valence-corrected chi connectivity index (χ0v) is 25.8. The van der Waals surface area contributed by atoms with Crippen LogP contribution in [-0.4, -0.2) is 9.13 Å². The molecule has 7 aromatic carbocycles. The van der Waals surface area contributed by atoms with Crippen LogP contribution in [0.4, 0.5) is 0 Å². The molecule has 0 N–H and O–H groups in total. The highest BCUT2D eigenvalue weighted by molar-refractivity contribution is 6.10. The zero-order valence-electron chi connectivity index (χ0n) is 25.8. The van der Waals surface area contributed by atoms with Crippen LogP contribution in [0.25, 0.3) is 77.2 Å². The monoisotopic (exact) mass is 610 g/mol. The lowest BCUT2D eigenvalue weighted by atomic mass is 9.96. The van der Waals surface area contributed by atoms with Gasteiger partial charge in [0, 0.05) is 32.8 Å². The second kappa shape index (κ2) is 10.9. The number of benzene rings is 7. The first-order chi connectivity index (χ1) is 23.7. The summed E-state index contributed by atoms with van der Waals surface area (Å²) in [5, 5.41) is 24.6. The summed E-state index contributed by atoms with van der Waals surface area (Å²) in [6.07, 6.45) is 0. The smallest absolute Gasteiger partial charge is 0.0998 e. The maximum Gasteiger partial charge on any atom is 0.0998 e. The number of hydrogen-bond acceptors (Lipinski definition) is 2. The van der Waals surface area contributed by atoms with Crippen LogP contribution in [0, 0.1) is 22.7 Å². The number of aromatic nitrogens is 2. The molecule has 9 aromatic rings. The van der Waals surface area contributed by atoms with E-state index in [1.807, 2.05) is 42.5 Å². The lowest BCUT2D eigenvalue weighted by Crippen LogP contribution is -1.97. The molecule has 9 rings (SSSR count). The van der Waals surface area contributed by atoms with Crippen molar-refractivity contribution in [1.82, 2.24) is 9.13 Å². The first-order valence-corrected chi connectivity index (χ1v) is 15.9. The minimum atomic E-state index is 0.591. The zero-order chi connectivity index (χ0) is 32.2. The summed E-state index contributed by atoms with van der Waals surface area (Å²) in [5.41, 5.74) is 11.6. The predicted octanol–water partition coefficient (Wildman–Crippen LogP) is 11.0. The molecule has 0 atom stereocenters. The maximum atomic E-state index is 10.4. The van der Waals surface area contributed by atoms with E-state index >= 15 is 0 Å². The van der Waals surface area contributed by atoms with Gasteiger partial charge in [0.25, 0.3) is 0 Å². The van der Waals surface area contributed by atoms with Crippen LogP contribution in [0.3, 0.4) is 0 Å². The lowest BCUT2D eigenvalue weighted by molar-refractivity contribution is 1.18. The van der Waals surface area contributed by atoms with Crippen molar-refractivity contribution < 1.29 is 0 Å². The van der Waals surface area contributed by atoms with Crippen molar-refractivity contribution in [3.05, 3.63) is 169 Å². The van der Waals surface area contributed by atoms with Gasteiger partial charge < -0.3 is 9.13 Å². The van der Waals surface area contributed by atoms with Crippen LogP contribution >= 0.6 is 0 Å². The number of fused-ring (bicyclic) bond motifs is 6. The fourth-order valence-corrected chi connectivity index (χ4v) is 7.26. The number of para-hydroxylation sites is 4. The molecule has 0 saturated heterocycles. The van der Waals surface area contributed by atoms with E-state index in [-0.39, 0.29) is 0 Å². The fourth-order valence-electron chi connectivity index (χ4n) is 7.26. The van der Waals surface area contributed by atoms with Gasteiger partial charge >= 0.3 is 0 Å². The van der Waals surface area contributed by atoms with Crippen LogP contribution in [0.2, 0.25) is 0 Å². The molecule has 0 unspecified atom stereocenters. The van der Waals surface area contributed by atoms with Gasteiger partial charge in [-0.3, -0.25) is 0 Å². The summed E-state index contributed by atoms with van der Waals surface area (Å²) >= 11 is 0. The highest BCUT2D eigenvalue weighted by Gasteiger charge is 2.17. The Morgan fingerprint density at radius 1 is 0.396 bits per heavy atom. The second-order valence-corrected chi connectivity index (χ2v) is 12.0. The lowest BCUT2D eigenvalue weighted by Gasteiger charge is -2.15. The third kappa shape index (κ3) is 4.14. The molecule has 0 saturated carbocycles. The molecular formula is C44H26N4. The molecule has 4 heteroatoms. The quantitative estimate of drug-likeness (QED) is 0.199. The van der Waals surface area contributed by atoms with Gasteiger partial charge in [-0.25, -0.2) is 0 Å².